The van der Waals surface area contributed by atoms with E-state index in [1.54, 1.807) is 12.1 Å². The minimum absolute atomic E-state index is 0.558. The minimum Gasteiger partial charge on any atom is -0.192 e. The molecule has 0 fully saturated rings. The average molecular weight is 250 g/mol. The van der Waals surface area contributed by atoms with Gasteiger partial charge in [-0.3, -0.25) is 0 Å². The molecule has 3 nitrogen and oxygen atoms in total. The van der Waals surface area contributed by atoms with E-state index < -0.39 is 0 Å². The monoisotopic (exact) mass is 249 g/mol. The molecule has 0 bridgehead atoms. The fourth-order valence-electron chi connectivity index (χ4n) is 1.24. The van der Waals surface area contributed by atoms with Gasteiger partial charge in [-0.15, -0.1) is 21.8 Å². The molecule has 1 heterocycles. The molecule has 0 atom stereocenters. The Balaban J connectivity index is 2.25. The molecule has 0 saturated carbocycles. The summed E-state index contributed by atoms with van der Waals surface area (Å²) in [5, 5.41) is 18.6. The second-order valence-corrected chi connectivity index (χ2v) is 4.57. The van der Waals surface area contributed by atoms with Crippen molar-refractivity contribution >= 4 is 22.9 Å². The number of nitriles is 1. The lowest BCUT2D eigenvalue weighted by molar-refractivity contribution is 0.990. The molecule has 2 aromatic rings. The molecule has 2 rings (SSSR count). The van der Waals surface area contributed by atoms with Gasteiger partial charge in [-0.25, -0.2) is 0 Å². The largest absolute Gasteiger partial charge is 0.192 e. The maximum absolute atomic E-state index is 8.68. The van der Waals surface area contributed by atoms with E-state index in [0.29, 0.717) is 11.4 Å². The first-order chi connectivity index (χ1) is 7.83. The molecule has 0 spiro atoms. The fourth-order valence-corrected chi connectivity index (χ4v) is 2.38. The van der Waals surface area contributed by atoms with Crippen molar-refractivity contribution in [1.29, 1.82) is 5.26 Å². The van der Waals surface area contributed by atoms with Crippen LogP contribution in [0, 0.1) is 11.3 Å². The Hall–Kier alpha value is -1.44. The molecule has 0 unspecified atom stereocenters. The zero-order valence-electron chi connectivity index (χ0n) is 8.35. The summed E-state index contributed by atoms with van der Waals surface area (Å²) in [6.45, 7) is 0. The van der Waals surface area contributed by atoms with Gasteiger partial charge in [0, 0.05) is 17.9 Å². The maximum Gasteiger partial charge on any atom is 0.147 e. The van der Waals surface area contributed by atoms with Crippen molar-refractivity contribution in [3.8, 4) is 16.6 Å². The number of alkyl halides is 1. The normalized spacial score (nSPS) is 10.0. The molecule has 16 heavy (non-hydrogen) atoms. The van der Waals surface area contributed by atoms with Crippen LogP contribution in [0.15, 0.2) is 24.3 Å². The Kier molecular flexibility index (Phi) is 3.50. The molecule has 0 saturated heterocycles. The van der Waals surface area contributed by atoms with E-state index in [1.807, 2.05) is 12.1 Å². The predicted octanol–water partition coefficient (Wildman–Crippen LogP) is 2.86. The van der Waals surface area contributed by atoms with Crippen molar-refractivity contribution in [2.45, 2.75) is 6.42 Å². The van der Waals surface area contributed by atoms with Crippen molar-refractivity contribution in [2.75, 3.05) is 5.88 Å². The summed E-state index contributed by atoms with van der Waals surface area (Å²) in [4.78, 5) is 0. The predicted molar refractivity (Wildman–Crippen MR) is 64.5 cm³/mol. The highest BCUT2D eigenvalue weighted by Crippen LogP contribution is 2.23. The molecular weight excluding hydrogens is 242 g/mol. The number of hydrogen-bond donors (Lipinski definition) is 0. The van der Waals surface area contributed by atoms with Crippen LogP contribution in [0.1, 0.15) is 10.6 Å². The lowest BCUT2D eigenvalue weighted by Crippen LogP contribution is -1.83. The SMILES string of the molecule is N#Cc1ccc(-c2nnc(CCCl)s2)cc1. The van der Waals surface area contributed by atoms with Crippen molar-refractivity contribution in [3.05, 3.63) is 34.8 Å². The molecule has 1 aromatic carbocycles. The highest BCUT2D eigenvalue weighted by molar-refractivity contribution is 7.14. The Morgan fingerprint density at radius 2 is 2.00 bits per heavy atom. The molecule has 1 aromatic heterocycles. The lowest BCUT2D eigenvalue weighted by atomic mass is 10.2. The number of halogens is 1. The van der Waals surface area contributed by atoms with Crippen LogP contribution in [0.5, 0.6) is 0 Å². The Bertz CT molecular complexity index is 513. The summed E-state index contributed by atoms with van der Waals surface area (Å²) in [6, 6.07) is 9.39. The zero-order chi connectivity index (χ0) is 11.4. The van der Waals surface area contributed by atoms with Crippen molar-refractivity contribution in [1.82, 2.24) is 10.2 Å². The number of rotatable bonds is 3. The summed E-state index contributed by atoms with van der Waals surface area (Å²) < 4.78 is 0. The van der Waals surface area contributed by atoms with E-state index in [0.717, 1.165) is 22.0 Å². The lowest BCUT2D eigenvalue weighted by Gasteiger charge is -1.93. The Morgan fingerprint density at radius 1 is 1.25 bits per heavy atom. The Labute approximate surface area is 102 Å². The highest BCUT2D eigenvalue weighted by atomic mass is 35.5. The van der Waals surface area contributed by atoms with Gasteiger partial charge < -0.3 is 0 Å². The summed E-state index contributed by atoms with van der Waals surface area (Å²) in [6.07, 6.45) is 0.746. The second kappa shape index (κ2) is 5.06. The van der Waals surface area contributed by atoms with E-state index in [9.17, 15) is 0 Å². The van der Waals surface area contributed by atoms with Crippen molar-refractivity contribution in [2.24, 2.45) is 0 Å². The molecule has 0 amide bonds. The van der Waals surface area contributed by atoms with Crippen LogP contribution in [0.3, 0.4) is 0 Å². The molecule has 0 aliphatic rings. The molecule has 0 N–H and O–H groups in total. The van der Waals surface area contributed by atoms with E-state index >= 15 is 0 Å². The van der Waals surface area contributed by atoms with Crippen LogP contribution in [-0.2, 0) is 6.42 Å². The van der Waals surface area contributed by atoms with Crippen molar-refractivity contribution in [3.63, 3.8) is 0 Å². The first-order valence-electron chi connectivity index (χ1n) is 4.72. The third kappa shape index (κ3) is 2.38. The standard InChI is InChI=1S/C11H8ClN3S/c12-6-5-10-14-15-11(16-10)9-3-1-8(7-13)2-4-9/h1-4H,5-6H2. The smallest absolute Gasteiger partial charge is 0.147 e. The second-order valence-electron chi connectivity index (χ2n) is 3.13. The first-order valence-corrected chi connectivity index (χ1v) is 6.07. The Morgan fingerprint density at radius 3 is 2.62 bits per heavy atom. The highest BCUT2D eigenvalue weighted by Gasteiger charge is 2.05. The van der Waals surface area contributed by atoms with E-state index in [4.69, 9.17) is 16.9 Å². The van der Waals surface area contributed by atoms with Crippen LogP contribution in [0.2, 0.25) is 0 Å². The maximum atomic E-state index is 8.68. The topological polar surface area (TPSA) is 49.6 Å². The van der Waals surface area contributed by atoms with Crippen LogP contribution < -0.4 is 0 Å². The third-order valence-corrected chi connectivity index (χ3v) is 3.26. The van der Waals surface area contributed by atoms with E-state index in [1.165, 1.54) is 11.3 Å². The quantitative estimate of drug-likeness (QED) is 0.786. The number of benzene rings is 1. The number of aromatic nitrogens is 2. The summed E-state index contributed by atoms with van der Waals surface area (Å²) in [7, 11) is 0. The van der Waals surface area contributed by atoms with Crippen LogP contribution in [0.25, 0.3) is 10.6 Å². The first kappa shape index (κ1) is 11.1. The van der Waals surface area contributed by atoms with Gasteiger partial charge >= 0.3 is 0 Å². The minimum atomic E-state index is 0.558. The van der Waals surface area contributed by atoms with E-state index in [-0.39, 0.29) is 0 Å². The van der Waals surface area contributed by atoms with Crippen LogP contribution in [0.4, 0.5) is 0 Å². The summed E-state index contributed by atoms with van der Waals surface area (Å²) in [5.74, 6) is 0.558. The summed E-state index contributed by atoms with van der Waals surface area (Å²) >= 11 is 7.17. The van der Waals surface area contributed by atoms with E-state index in [2.05, 4.69) is 16.3 Å². The molecular formula is C11H8ClN3S. The van der Waals surface area contributed by atoms with Gasteiger partial charge in [0.05, 0.1) is 11.6 Å². The van der Waals surface area contributed by atoms with Crippen LogP contribution >= 0.6 is 22.9 Å². The van der Waals surface area contributed by atoms with Gasteiger partial charge in [-0.1, -0.05) is 23.5 Å². The molecule has 0 aliphatic heterocycles. The van der Waals surface area contributed by atoms with Gasteiger partial charge in [0.2, 0.25) is 0 Å². The fraction of sp³-hybridized carbons (Fsp3) is 0.182. The molecule has 80 valence electrons. The summed E-state index contributed by atoms with van der Waals surface area (Å²) in [5.41, 5.74) is 1.63. The third-order valence-electron chi connectivity index (χ3n) is 2.04. The molecule has 0 radical (unpaired) electrons. The van der Waals surface area contributed by atoms with Gasteiger partial charge in [0.1, 0.15) is 10.0 Å². The van der Waals surface area contributed by atoms with Crippen LogP contribution in [-0.4, -0.2) is 16.1 Å². The number of hydrogen-bond acceptors (Lipinski definition) is 4. The van der Waals surface area contributed by atoms with Crippen molar-refractivity contribution < 1.29 is 0 Å². The molecule has 5 heteroatoms. The van der Waals surface area contributed by atoms with Gasteiger partial charge in [0.25, 0.3) is 0 Å². The number of aryl methyl sites for hydroxylation is 1. The molecule has 0 aliphatic carbocycles. The zero-order valence-corrected chi connectivity index (χ0v) is 9.92. The van der Waals surface area contributed by atoms with Gasteiger partial charge in [-0.05, 0) is 12.1 Å². The average Bonchev–Trinajstić information content (AvgIpc) is 2.78. The van der Waals surface area contributed by atoms with Gasteiger partial charge in [0.15, 0.2) is 0 Å². The number of nitrogens with zero attached hydrogens (tertiary/aromatic N) is 3. The van der Waals surface area contributed by atoms with Gasteiger partial charge in [-0.2, -0.15) is 5.26 Å².